The van der Waals surface area contributed by atoms with Crippen LogP contribution in [0.2, 0.25) is 5.02 Å². The highest BCUT2D eigenvalue weighted by molar-refractivity contribution is 6.30. The van der Waals surface area contributed by atoms with Crippen LogP contribution in [0.4, 0.5) is 18.9 Å². The average molecular weight is 442 g/mol. The largest absolute Gasteiger partial charge is 0.497 e. The SMILES string of the molecule is COC(=O)C1=C(c2ccc(Cl)cc2)N(c2ccc(OC)cc2)C(=O)C1(O)C(F)(F)F. The van der Waals surface area contributed by atoms with Crippen LogP contribution in [0.1, 0.15) is 5.56 Å². The zero-order chi connectivity index (χ0) is 22.3. The van der Waals surface area contributed by atoms with E-state index in [4.69, 9.17) is 16.3 Å². The number of nitrogens with zero attached hydrogens (tertiary/aromatic N) is 1. The smallest absolute Gasteiger partial charge is 0.431 e. The van der Waals surface area contributed by atoms with Gasteiger partial charge in [-0.1, -0.05) is 23.7 Å². The van der Waals surface area contributed by atoms with E-state index >= 15 is 0 Å². The second-order valence-corrected chi connectivity index (χ2v) is 6.71. The molecule has 0 saturated heterocycles. The molecule has 1 unspecified atom stereocenters. The molecule has 3 rings (SSSR count). The first-order valence-electron chi connectivity index (χ1n) is 8.43. The summed E-state index contributed by atoms with van der Waals surface area (Å²) in [5, 5.41) is 10.8. The average Bonchev–Trinajstić information content (AvgIpc) is 2.96. The van der Waals surface area contributed by atoms with Crippen LogP contribution >= 0.6 is 11.6 Å². The molecule has 0 bridgehead atoms. The van der Waals surface area contributed by atoms with Gasteiger partial charge in [0.15, 0.2) is 0 Å². The van der Waals surface area contributed by atoms with Crippen molar-refractivity contribution in [1.82, 2.24) is 0 Å². The van der Waals surface area contributed by atoms with Gasteiger partial charge in [0.25, 0.3) is 11.5 Å². The molecule has 158 valence electrons. The summed E-state index contributed by atoms with van der Waals surface area (Å²) in [6, 6.07) is 10.9. The van der Waals surface area contributed by atoms with Crippen LogP contribution in [0.3, 0.4) is 0 Å². The van der Waals surface area contributed by atoms with Gasteiger partial charge in [0.05, 0.1) is 19.9 Å². The standard InChI is InChI=1S/C20H15ClF3NO5/c1-29-14-9-7-13(8-10-14)25-16(11-3-5-12(21)6-4-11)15(17(26)30-2)19(28,18(25)27)20(22,23)24/h3-10,28H,1-2H3. The van der Waals surface area contributed by atoms with E-state index in [2.05, 4.69) is 4.74 Å². The molecule has 0 radical (unpaired) electrons. The van der Waals surface area contributed by atoms with Gasteiger partial charge < -0.3 is 14.6 Å². The fourth-order valence-electron chi connectivity index (χ4n) is 3.12. The molecule has 1 atom stereocenters. The van der Waals surface area contributed by atoms with Gasteiger partial charge in [-0.3, -0.25) is 9.69 Å². The summed E-state index contributed by atoms with van der Waals surface area (Å²) < 4.78 is 51.3. The molecule has 1 aliphatic rings. The number of anilines is 1. The molecule has 6 nitrogen and oxygen atoms in total. The Hall–Kier alpha value is -3.04. The zero-order valence-electron chi connectivity index (χ0n) is 15.7. The third-order valence-corrected chi connectivity index (χ3v) is 4.83. The maximum atomic E-state index is 13.9. The highest BCUT2D eigenvalue weighted by Crippen LogP contribution is 2.49. The first-order chi connectivity index (χ1) is 14.1. The number of amides is 1. The number of methoxy groups -OCH3 is 2. The molecule has 0 spiro atoms. The lowest BCUT2D eigenvalue weighted by Gasteiger charge is -2.27. The number of alkyl halides is 3. The van der Waals surface area contributed by atoms with Crippen molar-refractivity contribution in [2.45, 2.75) is 11.8 Å². The van der Waals surface area contributed by atoms with Crippen molar-refractivity contribution >= 4 is 34.9 Å². The molecule has 2 aromatic rings. The Morgan fingerprint density at radius 2 is 1.63 bits per heavy atom. The zero-order valence-corrected chi connectivity index (χ0v) is 16.4. The van der Waals surface area contributed by atoms with Gasteiger partial charge in [-0.05, 0) is 42.0 Å². The molecule has 1 aliphatic heterocycles. The van der Waals surface area contributed by atoms with E-state index in [0.717, 1.165) is 7.11 Å². The number of hydrogen-bond donors (Lipinski definition) is 1. The van der Waals surface area contributed by atoms with Crippen molar-refractivity contribution in [3.05, 3.63) is 64.7 Å². The summed E-state index contributed by atoms with van der Waals surface area (Å²) in [6.45, 7) is 0. The Kier molecular flexibility index (Phi) is 5.53. The van der Waals surface area contributed by atoms with E-state index in [1.54, 1.807) is 0 Å². The number of carbonyl (C=O) groups excluding carboxylic acids is 2. The quantitative estimate of drug-likeness (QED) is 0.734. The monoisotopic (exact) mass is 441 g/mol. The van der Waals surface area contributed by atoms with E-state index < -0.39 is 34.9 Å². The number of aliphatic hydroxyl groups is 1. The summed E-state index contributed by atoms with van der Waals surface area (Å²) in [6.07, 6.45) is -5.49. The van der Waals surface area contributed by atoms with E-state index in [9.17, 15) is 27.9 Å². The number of benzene rings is 2. The number of ether oxygens (including phenoxy) is 2. The van der Waals surface area contributed by atoms with Crippen molar-refractivity contribution in [1.29, 1.82) is 0 Å². The second kappa shape index (κ2) is 7.66. The molecule has 0 fully saturated rings. The lowest BCUT2D eigenvalue weighted by atomic mass is 9.92. The number of halogens is 4. The van der Waals surface area contributed by atoms with Crippen LogP contribution in [0.5, 0.6) is 5.75 Å². The third kappa shape index (κ3) is 3.29. The predicted octanol–water partition coefficient (Wildman–Crippen LogP) is 3.57. The van der Waals surface area contributed by atoms with E-state index in [1.807, 2.05) is 0 Å². The molecule has 1 N–H and O–H groups in total. The Morgan fingerprint density at radius 3 is 2.10 bits per heavy atom. The van der Waals surface area contributed by atoms with Crippen molar-refractivity contribution in [2.75, 3.05) is 19.1 Å². The predicted molar refractivity (Wildman–Crippen MR) is 102 cm³/mol. The highest BCUT2D eigenvalue weighted by Gasteiger charge is 2.70. The Labute approximate surface area is 174 Å². The van der Waals surface area contributed by atoms with Gasteiger partial charge in [-0.15, -0.1) is 0 Å². The van der Waals surface area contributed by atoms with Crippen LogP contribution in [0, 0.1) is 0 Å². The van der Waals surface area contributed by atoms with E-state index in [1.165, 1.54) is 55.6 Å². The maximum absolute atomic E-state index is 13.9. The van der Waals surface area contributed by atoms with Crippen LogP contribution in [0.25, 0.3) is 5.70 Å². The fourth-order valence-corrected chi connectivity index (χ4v) is 3.25. The minimum Gasteiger partial charge on any atom is -0.497 e. The fraction of sp³-hybridized carbons (Fsp3) is 0.200. The van der Waals surface area contributed by atoms with Gasteiger partial charge in [0.1, 0.15) is 11.3 Å². The third-order valence-electron chi connectivity index (χ3n) is 4.58. The summed E-state index contributed by atoms with van der Waals surface area (Å²) in [4.78, 5) is 26.0. The summed E-state index contributed by atoms with van der Waals surface area (Å²) in [7, 11) is 2.25. The molecule has 0 aromatic heterocycles. The Bertz CT molecular complexity index is 1020. The Balaban J connectivity index is 2.36. The first kappa shape index (κ1) is 21.7. The number of hydrogen-bond acceptors (Lipinski definition) is 5. The van der Waals surface area contributed by atoms with E-state index in [0.29, 0.717) is 10.6 Å². The van der Waals surface area contributed by atoms with Crippen LogP contribution in [-0.4, -0.2) is 43.0 Å². The summed E-state index contributed by atoms with van der Waals surface area (Å²) in [5.41, 5.74) is -5.78. The molecular weight excluding hydrogens is 427 g/mol. The van der Waals surface area contributed by atoms with Crippen LogP contribution in [0.15, 0.2) is 54.1 Å². The molecule has 0 saturated carbocycles. The van der Waals surface area contributed by atoms with E-state index in [-0.39, 0.29) is 16.3 Å². The van der Waals surface area contributed by atoms with Crippen molar-refractivity contribution < 1.29 is 37.3 Å². The van der Waals surface area contributed by atoms with Crippen molar-refractivity contribution in [2.24, 2.45) is 0 Å². The van der Waals surface area contributed by atoms with Gasteiger partial charge in [-0.2, -0.15) is 13.2 Å². The molecule has 10 heteroatoms. The normalized spacial score (nSPS) is 19.3. The molecule has 1 amide bonds. The van der Waals surface area contributed by atoms with Gasteiger partial charge in [0, 0.05) is 10.7 Å². The second-order valence-electron chi connectivity index (χ2n) is 6.27. The molecule has 0 aliphatic carbocycles. The lowest BCUT2D eigenvalue weighted by Crippen LogP contribution is -2.55. The van der Waals surface area contributed by atoms with Crippen molar-refractivity contribution in [3.8, 4) is 5.75 Å². The topological polar surface area (TPSA) is 76.1 Å². The maximum Gasteiger partial charge on any atom is 0.431 e. The van der Waals surface area contributed by atoms with Gasteiger partial charge in [-0.25, -0.2) is 4.79 Å². The molecular formula is C20H15ClF3NO5. The summed E-state index contributed by atoms with van der Waals surface area (Å²) >= 11 is 5.86. The first-order valence-corrected chi connectivity index (χ1v) is 8.80. The highest BCUT2D eigenvalue weighted by atomic mass is 35.5. The number of rotatable bonds is 4. The molecule has 1 heterocycles. The van der Waals surface area contributed by atoms with Gasteiger partial charge in [0.2, 0.25) is 0 Å². The lowest BCUT2D eigenvalue weighted by molar-refractivity contribution is -0.236. The Morgan fingerprint density at radius 1 is 1.07 bits per heavy atom. The van der Waals surface area contributed by atoms with Crippen molar-refractivity contribution in [3.63, 3.8) is 0 Å². The minimum atomic E-state index is -5.49. The molecule has 2 aromatic carbocycles. The molecule has 30 heavy (non-hydrogen) atoms. The number of esters is 1. The number of carbonyl (C=O) groups is 2. The van der Waals surface area contributed by atoms with Crippen LogP contribution < -0.4 is 9.64 Å². The summed E-state index contributed by atoms with van der Waals surface area (Å²) in [5.74, 6) is -2.86. The van der Waals surface area contributed by atoms with Gasteiger partial charge >= 0.3 is 12.1 Å². The van der Waals surface area contributed by atoms with Crippen LogP contribution in [-0.2, 0) is 14.3 Å². The minimum absolute atomic E-state index is 0.0210.